The summed E-state index contributed by atoms with van der Waals surface area (Å²) in [5, 5.41) is 3.38. The molecule has 102 valence electrons. The van der Waals surface area contributed by atoms with Gasteiger partial charge in [0.1, 0.15) is 0 Å². The van der Waals surface area contributed by atoms with Crippen LogP contribution in [0, 0.1) is 12.8 Å². The predicted octanol–water partition coefficient (Wildman–Crippen LogP) is 4.99. The molecular formula is C14H21Br2NO. The van der Waals surface area contributed by atoms with E-state index in [1.807, 2.05) is 0 Å². The van der Waals surface area contributed by atoms with Crippen LogP contribution in [0.15, 0.2) is 21.1 Å². The van der Waals surface area contributed by atoms with Crippen molar-refractivity contribution in [2.75, 3.05) is 25.1 Å². The van der Waals surface area contributed by atoms with Crippen LogP contribution in [0.1, 0.15) is 25.8 Å². The molecule has 1 aromatic carbocycles. The summed E-state index contributed by atoms with van der Waals surface area (Å²) >= 11 is 7.13. The summed E-state index contributed by atoms with van der Waals surface area (Å²) in [5.74, 6) is 0.707. The zero-order valence-corrected chi connectivity index (χ0v) is 14.4. The van der Waals surface area contributed by atoms with Crippen LogP contribution in [0.25, 0.3) is 0 Å². The summed E-state index contributed by atoms with van der Waals surface area (Å²) in [7, 11) is 0. The first-order valence-corrected chi connectivity index (χ1v) is 7.86. The van der Waals surface area contributed by atoms with Crippen molar-refractivity contribution in [3.05, 3.63) is 26.6 Å². The standard InChI is InChI=1S/C14H21Br2NO/c1-10(2)4-6-18-7-5-17-14-12(15)8-11(3)9-13(14)16/h8-10,17H,4-7H2,1-3H3. The van der Waals surface area contributed by atoms with Crippen molar-refractivity contribution in [2.24, 2.45) is 5.92 Å². The monoisotopic (exact) mass is 377 g/mol. The molecule has 18 heavy (non-hydrogen) atoms. The molecule has 0 amide bonds. The van der Waals surface area contributed by atoms with Crippen LogP contribution in [-0.4, -0.2) is 19.8 Å². The van der Waals surface area contributed by atoms with Crippen LogP contribution in [-0.2, 0) is 4.74 Å². The van der Waals surface area contributed by atoms with Gasteiger partial charge in [0.25, 0.3) is 0 Å². The van der Waals surface area contributed by atoms with E-state index < -0.39 is 0 Å². The minimum absolute atomic E-state index is 0.707. The Balaban J connectivity index is 2.31. The van der Waals surface area contributed by atoms with Crippen molar-refractivity contribution in [2.45, 2.75) is 27.2 Å². The molecule has 2 nitrogen and oxygen atoms in total. The number of benzene rings is 1. The Bertz CT molecular complexity index is 357. The molecule has 0 heterocycles. The van der Waals surface area contributed by atoms with Crippen LogP contribution in [0.3, 0.4) is 0 Å². The van der Waals surface area contributed by atoms with E-state index >= 15 is 0 Å². The van der Waals surface area contributed by atoms with Gasteiger partial charge in [0.05, 0.1) is 12.3 Å². The Morgan fingerprint density at radius 1 is 1.17 bits per heavy atom. The molecule has 0 aliphatic heterocycles. The quantitative estimate of drug-likeness (QED) is 0.674. The first-order chi connectivity index (χ1) is 8.50. The number of rotatable bonds is 7. The lowest BCUT2D eigenvalue weighted by molar-refractivity contribution is 0.132. The van der Waals surface area contributed by atoms with Gasteiger partial charge in [-0.1, -0.05) is 13.8 Å². The molecule has 0 atom stereocenters. The van der Waals surface area contributed by atoms with Gasteiger partial charge in [0.15, 0.2) is 0 Å². The summed E-state index contributed by atoms with van der Waals surface area (Å²) in [6.07, 6.45) is 1.12. The average Bonchev–Trinajstić information content (AvgIpc) is 2.25. The molecule has 4 heteroatoms. The Morgan fingerprint density at radius 3 is 2.33 bits per heavy atom. The topological polar surface area (TPSA) is 21.3 Å². The molecule has 1 aromatic rings. The Morgan fingerprint density at radius 2 is 1.78 bits per heavy atom. The van der Waals surface area contributed by atoms with E-state index in [2.05, 4.69) is 70.1 Å². The Hall–Kier alpha value is -0.0600. The summed E-state index contributed by atoms with van der Waals surface area (Å²) in [6, 6.07) is 4.21. The van der Waals surface area contributed by atoms with Crippen molar-refractivity contribution in [3.8, 4) is 0 Å². The zero-order chi connectivity index (χ0) is 13.5. The highest BCUT2D eigenvalue weighted by molar-refractivity contribution is 9.11. The number of ether oxygens (including phenoxy) is 1. The largest absolute Gasteiger partial charge is 0.381 e. The van der Waals surface area contributed by atoms with E-state index in [9.17, 15) is 0 Å². The van der Waals surface area contributed by atoms with E-state index in [-0.39, 0.29) is 0 Å². The normalized spacial score (nSPS) is 11.0. The molecule has 0 aliphatic rings. The number of nitrogens with one attached hydrogen (secondary N) is 1. The van der Waals surface area contributed by atoms with Gasteiger partial charge >= 0.3 is 0 Å². The highest BCUT2D eigenvalue weighted by Gasteiger charge is 2.05. The molecule has 0 saturated heterocycles. The fourth-order valence-electron chi connectivity index (χ4n) is 1.54. The number of halogens is 2. The van der Waals surface area contributed by atoms with Crippen LogP contribution >= 0.6 is 31.9 Å². The van der Waals surface area contributed by atoms with Crippen molar-refractivity contribution in [1.29, 1.82) is 0 Å². The Labute approximate surface area is 127 Å². The van der Waals surface area contributed by atoms with Gasteiger partial charge in [-0.15, -0.1) is 0 Å². The first kappa shape index (κ1) is 16.0. The molecule has 0 aromatic heterocycles. The van der Waals surface area contributed by atoms with Gasteiger partial charge in [-0.2, -0.15) is 0 Å². The van der Waals surface area contributed by atoms with Crippen molar-refractivity contribution in [1.82, 2.24) is 0 Å². The third-order valence-corrected chi connectivity index (χ3v) is 3.82. The van der Waals surface area contributed by atoms with Crippen LogP contribution in [0.5, 0.6) is 0 Å². The minimum atomic E-state index is 0.707. The van der Waals surface area contributed by atoms with Gasteiger partial charge in [-0.3, -0.25) is 0 Å². The number of hydrogen-bond acceptors (Lipinski definition) is 2. The summed E-state index contributed by atoms with van der Waals surface area (Å²) in [5.41, 5.74) is 2.32. The fraction of sp³-hybridized carbons (Fsp3) is 0.571. The summed E-state index contributed by atoms with van der Waals surface area (Å²) in [6.45, 7) is 8.89. The second kappa shape index (κ2) is 8.18. The molecular weight excluding hydrogens is 358 g/mol. The summed E-state index contributed by atoms with van der Waals surface area (Å²) in [4.78, 5) is 0. The third kappa shape index (κ3) is 5.72. The first-order valence-electron chi connectivity index (χ1n) is 6.28. The third-order valence-electron chi connectivity index (χ3n) is 2.57. The van der Waals surface area contributed by atoms with Gasteiger partial charge in [0, 0.05) is 22.1 Å². The number of hydrogen-bond donors (Lipinski definition) is 1. The highest BCUT2D eigenvalue weighted by Crippen LogP contribution is 2.31. The lowest BCUT2D eigenvalue weighted by atomic mass is 10.1. The van der Waals surface area contributed by atoms with Gasteiger partial charge < -0.3 is 10.1 Å². The lowest BCUT2D eigenvalue weighted by Crippen LogP contribution is -2.11. The second-order valence-electron chi connectivity index (χ2n) is 4.83. The molecule has 0 aliphatic carbocycles. The maximum absolute atomic E-state index is 5.58. The van der Waals surface area contributed by atoms with E-state index in [1.54, 1.807) is 0 Å². The Kier molecular flexibility index (Phi) is 7.27. The van der Waals surface area contributed by atoms with E-state index in [4.69, 9.17) is 4.74 Å². The van der Waals surface area contributed by atoms with E-state index in [1.165, 1.54) is 5.56 Å². The van der Waals surface area contributed by atoms with Crippen LogP contribution in [0.2, 0.25) is 0 Å². The second-order valence-corrected chi connectivity index (χ2v) is 6.53. The van der Waals surface area contributed by atoms with Gasteiger partial charge in [0.2, 0.25) is 0 Å². The molecule has 1 rings (SSSR count). The van der Waals surface area contributed by atoms with E-state index in [0.717, 1.165) is 40.8 Å². The van der Waals surface area contributed by atoms with Crippen molar-refractivity contribution in [3.63, 3.8) is 0 Å². The van der Waals surface area contributed by atoms with Crippen LogP contribution in [0.4, 0.5) is 5.69 Å². The molecule has 0 bridgehead atoms. The molecule has 0 spiro atoms. The minimum Gasteiger partial charge on any atom is -0.381 e. The predicted molar refractivity (Wildman–Crippen MR) is 85.3 cm³/mol. The molecule has 1 N–H and O–H groups in total. The maximum atomic E-state index is 5.58. The lowest BCUT2D eigenvalue weighted by Gasteiger charge is -2.12. The molecule has 0 fully saturated rings. The fourth-order valence-corrected chi connectivity index (χ4v) is 3.23. The van der Waals surface area contributed by atoms with Crippen molar-refractivity contribution >= 4 is 37.5 Å². The average molecular weight is 379 g/mol. The zero-order valence-electron chi connectivity index (χ0n) is 11.2. The molecule has 0 unspecified atom stereocenters. The molecule has 0 saturated carbocycles. The van der Waals surface area contributed by atoms with Crippen molar-refractivity contribution < 1.29 is 4.74 Å². The SMILES string of the molecule is Cc1cc(Br)c(NCCOCCC(C)C)c(Br)c1. The highest BCUT2D eigenvalue weighted by atomic mass is 79.9. The van der Waals surface area contributed by atoms with Crippen LogP contribution < -0.4 is 5.32 Å². The van der Waals surface area contributed by atoms with Gasteiger partial charge in [-0.05, 0) is 68.8 Å². The maximum Gasteiger partial charge on any atom is 0.0639 e. The molecule has 0 radical (unpaired) electrons. The summed E-state index contributed by atoms with van der Waals surface area (Å²) < 4.78 is 7.74. The smallest absolute Gasteiger partial charge is 0.0639 e. The van der Waals surface area contributed by atoms with E-state index in [0.29, 0.717) is 5.92 Å². The number of anilines is 1. The number of aryl methyl sites for hydroxylation is 1. The van der Waals surface area contributed by atoms with Gasteiger partial charge in [-0.25, -0.2) is 0 Å².